The van der Waals surface area contributed by atoms with Crippen LogP contribution in [-0.2, 0) is 6.18 Å². The lowest BCUT2D eigenvalue weighted by Crippen LogP contribution is -2.39. The van der Waals surface area contributed by atoms with Crippen LogP contribution in [0, 0.1) is 0 Å². The number of alkyl halides is 3. The molecule has 5 heteroatoms. The molecule has 0 bridgehead atoms. The Hall–Kier alpha value is -1.23. The molecule has 2 aliphatic rings. The maximum atomic E-state index is 12.6. The lowest BCUT2D eigenvalue weighted by atomic mass is 9.89. The molecule has 0 spiro atoms. The zero-order valence-corrected chi connectivity index (χ0v) is 9.05. The van der Waals surface area contributed by atoms with Gasteiger partial charge in [0, 0.05) is 18.0 Å². The molecule has 1 aromatic rings. The third-order valence-corrected chi connectivity index (χ3v) is 3.45. The van der Waals surface area contributed by atoms with E-state index in [0.29, 0.717) is 12.3 Å². The van der Waals surface area contributed by atoms with Crippen molar-refractivity contribution in [3.8, 4) is 5.75 Å². The zero-order valence-electron chi connectivity index (χ0n) is 9.05. The van der Waals surface area contributed by atoms with E-state index in [1.807, 2.05) is 0 Å². The van der Waals surface area contributed by atoms with E-state index in [1.165, 1.54) is 0 Å². The van der Waals surface area contributed by atoms with Gasteiger partial charge in [0.05, 0.1) is 5.56 Å². The Labute approximate surface area is 96.8 Å². The molecule has 2 atom stereocenters. The Morgan fingerprint density at radius 2 is 2.12 bits per heavy atom. The summed E-state index contributed by atoms with van der Waals surface area (Å²) in [6.45, 7) is 1.60. The van der Waals surface area contributed by atoms with Crippen molar-refractivity contribution in [2.75, 3.05) is 13.1 Å². The minimum Gasteiger partial charge on any atom is -0.488 e. The van der Waals surface area contributed by atoms with Crippen LogP contribution in [-0.4, -0.2) is 19.2 Å². The largest absolute Gasteiger partial charge is 0.488 e. The van der Waals surface area contributed by atoms with Crippen LogP contribution in [0.15, 0.2) is 18.2 Å². The lowest BCUT2D eigenvalue weighted by Gasteiger charge is -2.24. The van der Waals surface area contributed by atoms with E-state index in [-0.39, 0.29) is 12.0 Å². The normalized spacial score (nSPS) is 27.2. The molecule has 0 radical (unpaired) electrons. The average molecular weight is 243 g/mol. The molecular weight excluding hydrogens is 231 g/mol. The van der Waals surface area contributed by atoms with Crippen LogP contribution < -0.4 is 10.1 Å². The Balaban J connectivity index is 1.97. The fourth-order valence-corrected chi connectivity index (χ4v) is 2.59. The SMILES string of the molecule is FC(F)(F)c1ccc2c(c1)O[C@H]1CNCC[C@@H]21. The molecule has 92 valence electrons. The van der Waals surface area contributed by atoms with Crippen LogP contribution >= 0.6 is 0 Å². The predicted octanol–water partition coefficient (Wildman–Crippen LogP) is 2.54. The molecule has 0 unspecified atom stereocenters. The zero-order chi connectivity index (χ0) is 12.0. The van der Waals surface area contributed by atoms with E-state index < -0.39 is 11.7 Å². The number of ether oxygens (including phenoxy) is 1. The summed E-state index contributed by atoms with van der Waals surface area (Å²) in [4.78, 5) is 0. The Morgan fingerprint density at radius 1 is 1.29 bits per heavy atom. The molecule has 17 heavy (non-hydrogen) atoms. The summed E-state index contributed by atoms with van der Waals surface area (Å²) in [5.74, 6) is 0.645. The fraction of sp³-hybridized carbons (Fsp3) is 0.500. The fourth-order valence-electron chi connectivity index (χ4n) is 2.59. The van der Waals surface area contributed by atoms with E-state index in [0.717, 1.165) is 30.7 Å². The van der Waals surface area contributed by atoms with Gasteiger partial charge in [0.25, 0.3) is 0 Å². The van der Waals surface area contributed by atoms with E-state index in [4.69, 9.17) is 4.74 Å². The summed E-state index contributed by atoms with van der Waals surface area (Å²) < 4.78 is 43.3. The molecule has 1 fully saturated rings. The minimum absolute atomic E-state index is 0.0118. The molecule has 2 aliphatic heterocycles. The topological polar surface area (TPSA) is 21.3 Å². The molecule has 1 aromatic carbocycles. The maximum absolute atomic E-state index is 12.6. The molecule has 0 aliphatic carbocycles. The van der Waals surface area contributed by atoms with Gasteiger partial charge in [-0.2, -0.15) is 13.2 Å². The number of rotatable bonds is 0. The summed E-state index contributed by atoms with van der Waals surface area (Å²) in [6.07, 6.45) is -3.39. The van der Waals surface area contributed by atoms with Gasteiger partial charge < -0.3 is 10.1 Å². The number of nitrogens with one attached hydrogen (secondary N) is 1. The van der Waals surface area contributed by atoms with Crippen molar-refractivity contribution in [2.45, 2.75) is 24.6 Å². The van der Waals surface area contributed by atoms with Crippen LogP contribution in [0.2, 0.25) is 0 Å². The van der Waals surface area contributed by atoms with Gasteiger partial charge >= 0.3 is 6.18 Å². The molecule has 2 nitrogen and oxygen atoms in total. The van der Waals surface area contributed by atoms with Crippen molar-refractivity contribution in [2.24, 2.45) is 0 Å². The average Bonchev–Trinajstić information content (AvgIpc) is 2.65. The molecule has 0 aromatic heterocycles. The first kappa shape index (κ1) is 10.9. The molecule has 1 saturated heterocycles. The summed E-state index contributed by atoms with van der Waals surface area (Å²) in [5, 5.41) is 3.19. The van der Waals surface area contributed by atoms with E-state index in [9.17, 15) is 13.2 Å². The molecule has 3 rings (SSSR count). The van der Waals surface area contributed by atoms with Crippen LogP contribution in [0.1, 0.15) is 23.5 Å². The van der Waals surface area contributed by atoms with Crippen molar-refractivity contribution in [1.29, 1.82) is 0 Å². The van der Waals surface area contributed by atoms with Gasteiger partial charge in [-0.05, 0) is 25.1 Å². The van der Waals surface area contributed by atoms with Crippen molar-refractivity contribution < 1.29 is 17.9 Å². The third-order valence-electron chi connectivity index (χ3n) is 3.45. The quantitative estimate of drug-likeness (QED) is 0.756. The number of fused-ring (bicyclic) bond motifs is 3. The molecule has 2 heterocycles. The summed E-state index contributed by atoms with van der Waals surface area (Å²) in [7, 11) is 0. The second kappa shape index (κ2) is 3.63. The van der Waals surface area contributed by atoms with Crippen LogP contribution in [0.5, 0.6) is 5.75 Å². The first-order valence-electron chi connectivity index (χ1n) is 5.64. The molecule has 1 N–H and O–H groups in total. The molecule has 0 saturated carbocycles. The third kappa shape index (κ3) is 1.78. The van der Waals surface area contributed by atoms with Crippen molar-refractivity contribution >= 4 is 0 Å². The van der Waals surface area contributed by atoms with Gasteiger partial charge in [0.2, 0.25) is 0 Å². The van der Waals surface area contributed by atoms with E-state index in [2.05, 4.69) is 5.32 Å². The highest BCUT2D eigenvalue weighted by atomic mass is 19.4. The number of hydrogen-bond donors (Lipinski definition) is 1. The van der Waals surface area contributed by atoms with E-state index >= 15 is 0 Å². The highest BCUT2D eigenvalue weighted by molar-refractivity contribution is 5.45. The highest BCUT2D eigenvalue weighted by Gasteiger charge is 2.38. The first-order chi connectivity index (χ1) is 8.05. The molecular formula is C12H12F3NO. The Morgan fingerprint density at radius 3 is 2.88 bits per heavy atom. The lowest BCUT2D eigenvalue weighted by molar-refractivity contribution is -0.137. The summed E-state index contributed by atoms with van der Waals surface area (Å²) in [5.41, 5.74) is 0.285. The Bertz CT molecular complexity index is 444. The number of piperidine rings is 1. The second-order valence-corrected chi connectivity index (χ2v) is 4.51. The van der Waals surface area contributed by atoms with E-state index in [1.54, 1.807) is 6.07 Å². The second-order valence-electron chi connectivity index (χ2n) is 4.51. The van der Waals surface area contributed by atoms with Gasteiger partial charge in [0.1, 0.15) is 11.9 Å². The van der Waals surface area contributed by atoms with Crippen LogP contribution in [0.3, 0.4) is 0 Å². The van der Waals surface area contributed by atoms with Gasteiger partial charge in [-0.15, -0.1) is 0 Å². The van der Waals surface area contributed by atoms with Gasteiger partial charge in [0.15, 0.2) is 0 Å². The van der Waals surface area contributed by atoms with Crippen molar-refractivity contribution in [3.63, 3.8) is 0 Å². The minimum atomic E-state index is -4.30. The maximum Gasteiger partial charge on any atom is 0.416 e. The first-order valence-corrected chi connectivity index (χ1v) is 5.64. The standard InChI is InChI=1S/C12H12F3NO/c13-12(14,15)7-1-2-8-9-3-4-16-6-11(9)17-10(8)5-7/h1-2,5,9,11,16H,3-4,6H2/t9-,11-/m0/s1. The van der Waals surface area contributed by atoms with Gasteiger partial charge in [-0.1, -0.05) is 6.07 Å². The van der Waals surface area contributed by atoms with Gasteiger partial charge in [-0.25, -0.2) is 0 Å². The monoisotopic (exact) mass is 243 g/mol. The summed E-state index contributed by atoms with van der Waals surface area (Å²) >= 11 is 0. The summed E-state index contributed by atoms with van der Waals surface area (Å²) in [6, 6.07) is 3.83. The predicted molar refractivity (Wildman–Crippen MR) is 56.1 cm³/mol. The Kier molecular flexibility index (Phi) is 2.33. The van der Waals surface area contributed by atoms with Crippen LogP contribution in [0.4, 0.5) is 13.2 Å². The van der Waals surface area contributed by atoms with Crippen molar-refractivity contribution in [3.05, 3.63) is 29.3 Å². The van der Waals surface area contributed by atoms with Gasteiger partial charge in [-0.3, -0.25) is 0 Å². The van der Waals surface area contributed by atoms with Crippen molar-refractivity contribution in [1.82, 2.24) is 5.32 Å². The number of benzene rings is 1. The van der Waals surface area contributed by atoms with Crippen LogP contribution in [0.25, 0.3) is 0 Å². The number of halogens is 3. The smallest absolute Gasteiger partial charge is 0.416 e. The number of hydrogen-bond acceptors (Lipinski definition) is 2. The molecule has 0 amide bonds. The highest BCUT2D eigenvalue weighted by Crippen LogP contribution is 2.43.